The molecule has 2 aromatic rings. The minimum Gasteiger partial charge on any atom is -0.338 e. The molecule has 0 spiro atoms. The number of hydrogen-bond acceptors (Lipinski definition) is 4. The van der Waals surface area contributed by atoms with E-state index in [4.69, 9.17) is 16.9 Å². The highest BCUT2D eigenvalue weighted by molar-refractivity contribution is 6.32. The van der Waals surface area contributed by atoms with Crippen molar-refractivity contribution in [3.05, 3.63) is 28.7 Å². The molecule has 1 fully saturated rings. The van der Waals surface area contributed by atoms with Crippen LogP contribution in [0.25, 0.3) is 10.9 Å². The molecule has 0 bridgehead atoms. The van der Waals surface area contributed by atoms with Gasteiger partial charge >= 0.3 is 12.0 Å². The number of ketones is 1. The number of nitrogens with one attached hydrogen (secondary N) is 2. The van der Waals surface area contributed by atoms with Gasteiger partial charge < -0.3 is 10.2 Å². The number of fused-ring (bicyclic) bond motifs is 1. The summed E-state index contributed by atoms with van der Waals surface area (Å²) < 4.78 is 44.5. The van der Waals surface area contributed by atoms with Crippen molar-refractivity contribution in [2.75, 3.05) is 19.6 Å². The molecule has 0 unspecified atom stereocenters. The van der Waals surface area contributed by atoms with Gasteiger partial charge in [0.1, 0.15) is 0 Å². The predicted octanol–water partition coefficient (Wildman–Crippen LogP) is 3.90. The highest BCUT2D eigenvalue weighted by Crippen LogP contribution is 2.38. The van der Waals surface area contributed by atoms with Crippen molar-refractivity contribution in [3.8, 4) is 6.07 Å². The lowest BCUT2D eigenvalue weighted by molar-refractivity contribution is -0.0468. The molecular weight excluding hydrogens is 423 g/mol. The van der Waals surface area contributed by atoms with Crippen LogP contribution in [0.3, 0.4) is 0 Å². The third-order valence-electron chi connectivity index (χ3n) is 5.20. The van der Waals surface area contributed by atoms with Gasteiger partial charge in [-0.1, -0.05) is 11.6 Å². The first kappa shape index (κ1) is 21.9. The molecule has 0 atom stereocenters. The first-order valence-corrected chi connectivity index (χ1v) is 9.78. The Kier molecular flexibility index (Phi) is 6.51. The number of nitriles is 1. The van der Waals surface area contributed by atoms with Gasteiger partial charge in [0.2, 0.25) is 5.78 Å². The molecule has 0 aliphatic carbocycles. The number of aromatic nitrogens is 2. The maximum absolute atomic E-state index is 15.0. The number of carbonyl (C=O) groups is 2. The van der Waals surface area contributed by atoms with Crippen molar-refractivity contribution >= 4 is 34.3 Å². The number of carbonyl (C=O) groups excluding carboxylic acids is 2. The Morgan fingerprint density at radius 3 is 2.77 bits per heavy atom. The number of aromatic amines is 1. The van der Waals surface area contributed by atoms with E-state index in [9.17, 15) is 14.0 Å². The maximum atomic E-state index is 15.0. The Hall–Kier alpha value is -2.80. The summed E-state index contributed by atoms with van der Waals surface area (Å²) in [6.07, 6.45) is 1.85. The summed E-state index contributed by atoms with van der Waals surface area (Å²) in [6.45, 7) is 0.388. The van der Waals surface area contributed by atoms with Gasteiger partial charge in [-0.2, -0.15) is 19.1 Å². The molecular formula is C19H19ClF3N5O2. The Morgan fingerprint density at radius 2 is 2.10 bits per heavy atom. The fraction of sp³-hybridized carbons (Fsp3) is 0.474. The van der Waals surface area contributed by atoms with Crippen LogP contribution >= 0.6 is 11.6 Å². The summed E-state index contributed by atoms with van der Waals surface area (Å²) in [4.78, 5) is 26.1. The van der Waals surface area contributed by atoms with Crippen LogP contribution in [0.5, 0.6) is 0 Å². The molecule has 3 rings (SSSR count). The van der Waals surface area contributed by atoms with E-state index >= 15 is 8.78 Å². The largest absolute Gasteiger partial charge is 0.338 e. The van der Waals surface area contributed by atoms with Crippen LogP contribution in [0.2, 0.25) is 5.02 Å². The van der Waals surface area contributed by atoms with E-state index in [-0.39, 0.29) is 36.8 Å². The molecule has 30 heavy (non-hydrogen) atoms. The Labute approximate surface area is 175 Å². The summed E-state index contributed by atoms with van der Waals surface area (Å²) in [6, 6.07) is 2.77. The number of hydrogen-bond donors (Lipinski definition) is 2. The van der Waals surface area contributed by atoms with Gasteiger partial charge in [-0.3, -0.25) is 9.89 Å². The third kappa shape index (κ3) is 4.21. The number of likely N-dealkylation sites (tertiary alicyclic amines) is 1. The number of nitrogens with zero attached hydrogens (tertiary/aromatic N) is 3. The van der Waals surface area contributed by atoms with Crippen LogP contribution in [0.4, 0.5) is 18.0 Å². The topological polar surface area (TPSA) is 102 Å². The number of halogens is 4. The number of Topliss-reactive ketones (excluding diaryl/α,β-unsaturated/α-hetero) is 1. The van der Waals surface area contributed by atoms with Crippen LogP contribution in [-0.2, 0) is 0 Å². The van der Waals surface area contributed by atoms with Gasteiger partial charge in [-0.25, -0.2) is 9.18 Å². The van der Waals surface area contributed by atoms with Crippen molar-refractivity contribution in [2.45, 2.75) is 31.6 Å². The molecule has 1 saturated heterocycles. The highest BCUT2D eigenvalue weighted by atomic mass is 35.5. The van der Waals surface area contributed by atoms with Crippen molar-refractivity contribution < 1.29 is 22.8 Å². The molecule has 7 nitrogen and oxygen atoms in total. The normalized spacial score (nSPS) is 15.2. The first-order valence-electron chi connectivity index (χ1n) is 9.40. The standard InChI is InChI=1S/C19H19ClF3N5O2/c20-13-9-11-10-26-27-16(11)14(15(13)21)17(29)19(22,23)12-3-7-28(8-4-12)18(30)25-6-2-1-5-24/h9-10,12H,1-4,6-8H2,(H,25,30)(H,26,27). The van der Waals surface area contributed by atoms with Crippen LogP contribution < -0.4 is 5.32 Å². The van der Waals surface area contributed by atoms with Crippen molar-refractivity contribution in [3.63, 3.8) is 0 Å². The van der Waals surface area contributed by atoms with Crippen LogP contribution in [0.15, 0.2) is 12.3 Å². The van der Waals surface area contributed by atoms with Crippen LogP contribution in [-0.4, -0.2) is 52.5 Å². The first-order chi connectivity index (χ1) is 14.3. The molecule has 160 valence electrons. The molecule has 1 aromatic heterocycles. The number of urea groups is 1. The summed E-state index contributed by atoms with van der Waals surface area (Å²) in [5.41, 5.74) is -0.937. The van der Waals surface area contributed by atoms with Gasteiger partial charge in [0.05, 0.1) is 28.4 Å². The zero-order chi connectivity index (χ0) is 21.9. The molecule has 0 saturated carbocycles. The number of alkyl halides is 2. The average Bonchev–Trinajstić information content (AvgIpc) is 3.19. The number of rotatable bonds is 6. The molecule has 11 heteroatoms. The lowest BCUT2D eigenvalue weighted by Gasteiger charge is -2.35. The van der Waals surface area contributed by atoms with Crippen molar-refractivity contribution in [1.82, 2.24) is 20.4 Å². The molecule has 2 heterocycles. The molecule has 1 aromatic carbocycles. The molecule has 2 N–H and O–H groups in total. The summed E-state index contributed by atoms with van der Waals surface area (Å²) in [7, 11) is 0. The number of piperidine rings is 1. The van der Waals surface area contributed by atoms with Gasteiger partial charge in [0, 0.05) is 37.4 Å². The van der Waals surface area contributed by atoms with Crippen molar-refractivity contribution in [1.29, 1.82) is 5.26 Å². The third-order valence-corrected chi connectivity index (χ3v) is 5.47. The fourth-order valence-corrected chi connectivity index (χ4v) is 3.73. The summed E-state index contributed by atoms with van der Waals surface area (Å²) >= 11 is 5.76. The Morgan fingerprint density at radius 1 is 1.40 bits per heavy atom. The number of benzene rings is 1. The van der Waals surface area contributed by atoms with E-state index in [2.05, 4.69) is 15.5 Å². The fourth-order valence-electron chi connectivity index (χ4n) is 3.52. The minimum absolute atomic E-state index is 0.0368. The van der Waals surface area contributed by atoms with E-state index in [0.717, 1.165) is 0 Å². The molecule has 1 aliphatic rings. The molecule has 2 amide bonds. The zero-order valence-electron chi connectivity index (χ0n) is 15.9. The second-order valence-corrected chi connectivity index (χ2v) is 7.50. The summed E-state index contributed by atoms with van der Waals surface area (Å²) in [5.74, 6) is -8.05. The number of unbranched alkanes of at least 4 members (excludes halogenated alkanes) is 1. The van der Waals surface area contributed by atoms with Crippen LogP contribution in [0, 0.1) is 23.1 Å². The van der Waals surface area contributed by atoms with Crippen LogP contribution in [0.1, 0.15) is 36.0 Å². The predicted molar refractivity (Wildman–Crippen MR) is 103 cm³/mol. The lowest BCUT2D eigenvalue weighted by Crippen LogP contribution is -2.49. The van der Waals surface area contributed by atoms with Gasteiger partial charge in [-0.05, 0) is 25.3 Å². The van der Waals surface area contributed by atoms with Gasteiger partial charge in [0.15, 0.2) is 5.82 Å². The van der Waals surface area contributed by atoms with E-state index < -0.39 is 40.1 Å². The second kappa shape index (κ2) is 8.92. The Balaban J connectivity index is 1.70. The second-order valence-electron chi connectivity index (χ2n) is 7.09. The van der Waals surface area contributed by atoms with E-state index in [1.165, 1.54) is 17.2 Å². The monoisotopic (exact) mass is 441 g/mol. The van der Waals surface area contributed by atoms with Gasteiger partial charge in [-0.15, -0.1) is 0 Å². The van der Waals surface area contributed by atoms with E-state index in [0.29, 0.717) is 19.4 Å². The highest BCUT2D eigenvalue weighted by Gasteiger charge is 2.50. The van der Waals surface area contributed by atoms with E-state index in [1.54, 1.807) is 0 Å². The van der Waals surface area contributed by atoms with Gasteiger partial charge in [0.25, 0.3) is 0 Å². The Bertz CT molecular complexity index is 996. The average molecular weight is 442 g/mol. The molecule has 0 radical (unpaired) electrons. The zero-order valence-corrected chi connectivity index (χ0v) is 16.6. The SMILES string of the molecule is N#CCCCNC(=O)N1CCC(C(F)(F)C(=O)c2c(F)c(Cl)cc3cn[nH]c23)CC1. The maximum Gasteiger partial charge on any atom is 0.317 e. The smallest absolute Gasteiger partial charge is 0.317 e. The minimum atomic E-state index is -3.83. The van der Waals surface area contributed by atoms with Crippen molar-refractivity contribution in [2.24, 2.45) is 5.92 Å². The summed E-state index contributed by atoms with van der Waals surface area (Å²) in [5, 5.41) is 17.0. The quantitative estimate of drug-likeness (QED) is 0.524. The number of H-pyrrole nitrogens is 1. The molecule has 1 aliphatic heterocycles. The number of amides is 2. The van der Waals surface area contributed by atoms with E-state index in [1.807, 2.05) is 6.07 Å². The lowest BCUT2D eigenvalue weighted by atomic mass is 9.85.